The van der Waals surface area contributed by atoms with E-state index in [-0.39, 0.29) is 17.2 Å². The molecule has 90 valence electrons. The van der Waals surface area contributed by atoms with Crippen LogP contribution in [-0.4, -0.2) is 28.1 Å². The molecule has 17 heavy (non-hydrogen) atoms. The van der Waals surface area contributed by atoms with Gasteiger partial charge in [0, 0.05) is 5.56 Å². The fraction of sp³-hybridized carbons (Fsp3) is 0.333. The van der Waals surface area contributed by atoms with Crippen molar-refractivity contribution in [1.82, 2.24) is 5.32 Å². The molecule has 1 fully saturated rings. The van der Waals surface area contributed by atoms with E-state index in [9.17, 15) is 14.7 Å². The highest BCUT2D eigenvalue weighted by atomic mass is 16.4. The molecule has 2 rings (SSSR count). The maximum absolute atomic E-state index is 11.8. The average molecular weight is 235 g/mol. The second kappa shape index (κ2) is 4.45. The number of amides is 1. The van der Waals surface area contributed by atoms with Gasteiger partial charge in [0.05, 0.1) is 0 Å². The minimum Gasteiger partial charge on any atom is -0.508 e. The number of carbonyl (C=O) groups is 2. The van der Waals surface area contributed by atoms with Gasteiger partial charge in [-0.05, 0) is 37.0 Å². The van der Waals surface area contributed by atoms with Crippen LogP contribution in [0.25, 0.3) is 0 Å². The number of carboxylic acids is 1. The van der Waals surface area contributed by atoms with Crippen molar-refractivity contribution in [1.29, 1.82) is 0 Å². The molecule has 1 aliphatic rings. The summed E-state index contributed by atoms with van der Waals surface area (Å²) in [7, 11) is 0. The summed E-state index contributed by atoms with van der Waals surface area (Å²) in [5.41, 5.74) is 0.261. The van der Waals surface area contributed by atoms with Crippen LogP contribution in [0.1, 0.15) is 23.2 Å². The molecule has 1 atom stereocenters. The van der Waals surface area contributed by atoms with Crippen LogP contribution in [0.4, 0.5) is 0 Å². The summed E-state index contributed by atoms with van der Waals surface area (Å²) in [6.45, 7) is 0. The standard InChI is InChI=1S/C12H13NO4/c14-9-3-1-2-8(6-9)11(15)13-10(12(16)17)7-4-5-7/h1-3,6-7,10,14H,4-5H2,(H,13,15)(H,16,17). The number of nitrogens with one attached hydrogen (secondary N) is 1. The zero-order valence-corrected chi connectivity index (χ0v) is 9.09. The van der Waals surface area contributed by atoms with Crippen molar-refractivity contribution in [3.8, 4) is 5.75 Å². The third-order valence-electron chi connectivity index (χ3n) is 2.75. The number of carboxylic acid groups (broad SMARTS) is 1. The lowest BCUT2D eigenvalue weighted by molar-refractivity contribution is -0.139. The van der Waals surface area contributed by atoms with Crippen LogP contribution in [-0.2, 0) is 4.79 Å². The van der Waals surface area contributed by atoms with Crippen molar-refractivity contribution >= 4 is 11.9 Å². The minimum atomic E-state index is -1.01. The summed E-state index contributed by atoms with van der Waals surface area (Å²) >= 11 is 0. The first-order valence-corrected chi connectivity index (χ1v) is 5.40. The zero-order valence-electron chi connectivity index (χ0n) is 9.09. The highest BCUT2D eigenvalue weighted by Crippen LogP contribution is 2.32. The van der Waals surface area contributed by atoms with E-state index >= 15 is 0 Å². The molecule has 0 aliphatic heterocycles. The van der Waals surface area contributed by atoms with Crippen LogP contribution in [0.2, 0.25) is 0 Å². The lowest BCUT2D eigenvalue weighted by Crippen LogP contribution is -2.42. The molecule has 1 unspecified atom stereocenters. The van der Waals surface area contributed by atoms with Crippen LogP contribution >= 0.6 is 0 Å². The molecule has 0 aromatic heterocycles. The van der Waals surface area contributed by atoms with E-state index in [0.29, 0.717) is 0 Å². The lowest BCUT2D eigenvalue weighted by Gasteiger charge is -2.13. The van der Waals surface area contributed by atoms with Gasteiger partial charge in [-0.2, -0.15) is 0 Å². The predicted molar refractivity (Wildman–Crippen MR) is 59.7 cm³/mol. The fourth-order valence-corrected chi connectivity index (χ4v) is 1.68. The van der Waals surface area contributed by atoms with E-state index in [4.69, 9.17) is 5.11 Å². The van der Waals surface area contributed by atoms with Gasteiger partial charge in [-0.25, -0.2) is 4.79 Å². The molecule has 1 aromatic rings. The van der Waals surface area contributed by atoms with Crippen molar-refractivity contribution < 1.29 is 19.8 Å². The van der Waals surface area contributed by atoms with Gasteiger partial charge in [-0.3, -0.25) is 4.79 Å². The average Bonchev–Trinajstić information content (AvgIpc) is 3.09. The maximum atomic E-state index is 11.8. The Kier molecular flexibility index (Phi) is 2.99. The number of phenols is 1. The van der Waals surface area contributed by atoms with Gasteiger partial charge in [-0.1, -0.05) is 6.07 Å². The van der Waals surface area contributed by atoms with E-state index in [0.717, 1.165) is 12.8 Å². The molecule has 5 nitrogen and oxygen atoms in total. The van der Waals surface area contributed by atoms with Gasteiger partial charge in [0.15, 0.2) is 0 Å². The van der Waals surface area contributed by atoms with E-state index < -0.39 is 17.9 Å². The Morgan fingerprint density at radius 2 is 2.06 bits per heavy atom. The van der Waals surface area contributed by atoms with Crippen molar-refractivity contribution in [2.75, 3.05) is 0 Å². The number of phenolic OH excluding ortho intramolecular Hbond substituents is 1. The number of carbonyl (C=O) groups excluding carboxylic acids is 1. The van der Waals surface area contributed by atoms with E-state index in [1.807, 2.05) is 0 Å². The third kappa shape index (κ3) is 2.75. The number of aromatic hydroxyl groups is 1. The van der Waals surface area contributed by atoms with Crippen molar-refractivity contribution in [3.63, 3.8) is 0 Å². The summed E-state index contributed by atoms with van der Waals surface area (Å²) in [5, 5.41) is 20.7. The van der Waals surface area contributed by atoms with Crippen LogP contribution in [0.5, 0.6) is 5.75 Å². The zero-order chi connectivity index (χ0) is 12.4. The van der Waals surface area contributed by atoms with Crippen LogP contribution < -0.4 is 5.32 Å². The number of benzene rings is 1. The van der Waals surface area contributed by atoms with E-state index in [1.54, 1.807) is 0 Å². The maximum Gasteiger partial charge on any atom is 0.326 e. The number of hydrogen-bond donors (Lipinski definition) is 3. The smallest absolute Gasteiger partial charge is 0.326 e. The van der Waals surface area contributed by atoms with E-state index in [2.05, 4.69) is 5.32 Å². The van der Waals surface area contributed by atoms with Crippen molar-refractivity contribution in [3.05, 3.63) is 29.8 Å². The normalized spacial score (nSPS) is 16.2. The Hall–Kier alpha value is -2.04. The van der Waals surface area contributed by atoms with Gasteiger partial charge in [0.25, 0.3) is 5.91 Å². The molecular formula is C12H13NO4. The topological polar surface area (TPSA) is 86.6 Å². The second-order valence-corrected chi connectivity index (χ2v) is 4.18. The third-order valence-corrected chi connectivity index (χ3v) is 2.75. The molecule has 0 bridgehead atoms. The molecule has 0 saturated heterocycles. The summed E-state index contributed by atoms with van der Waals surface area (Å²) in [4.78, 5) is 22.7. The summed E-state index contributed by atoms with van der Waals surface area (Å²) in [6.07, 6.45) is 1.66. The van der Waals surface area contributed by atoms with Gasteiger partial charge >= 0.3 is 5.97 Å². The van der Waals surface area contributed by atoms with Gasteiger partial charge in [0.1, 0.15) is 11.8 Å². The first-order valence-electron chi connectivity index (χ1n) is 5.40. The van der Waals surface area contributed by atoms with Crippen LogP contribution in [0.15, 0.2) is 24.3 Å². The largest absolute Gasteiger partial charge is 0.508 e. The SMILES string of the molecule is O=C(NC(C(=O)O)C1CC1)c1cccc(O)c1. The molecule has 0 heterocycles. The Bertz CT molecular complexity index is 454. The van der Waals surface area contributed by atoms with Gasteiger partial charge in [-0.15, -0.1) is 0 Å². The Labute approximate surface area is 98.1 Å². The van der Waals surface area contributed by atoms with E-state index in [1.165, 1.54) is 24.3 Å². The molecule has 0 spiro atoms. The first-order chi connectivity index (χ1) is 8.08. The lowest BCUT2D eigenvalue weighted by atomic mass is 10.1. The van der Waals surface area contributed by atoms with Gasteiger partial charge in [0.2, 0.25) is 0 Å². The van der Waals surface area contributed by atoms with Gasteiger partial charge < -0.3 is 15.5 Å². The number of rotatable bonds is 4. The molecule has 3 N–H and O–H groups in total. The number of aliphatic carboxylic acids is 1. The summed E-state index contributed by atoms with van der Waals surface area (Å²) in [5.74, 6) is -1.47. The van der Waals surface area contributed by atoms with Crippen molar-refractivity contribution in [2.24, 2.45) is 5.92 Å². The predicted octanol–water partition coefficient (Wildman–Crippen LogP) is 0.985. The Morgan fingerprint density at radius 3 is 2.59 bits per heavy atom. The minimum absolute atomic E-state index is 0.0176. The second-order valence-electron chi connectivity index (χ2n) is 4.18. The highest BCUT2D eigenvalue weighted by molar-refractivity contribution is 5.97. The molecule has 1 saturated carbocycles. The van der Waals surface area contributed by atoms with Crippen LogP contribution in [0, 0.1) is 5.92 Å². The quantitative estimate of drug-likeness (QED) is 0.726. The molecule has 1 aliphatic carbocycles. The molecule has 1 aromatic carbocycles. The Morgan fingerprint density at radius 1 is 1.35 bits per heavy atom. The van der Waals surface area contributed by atoms with Crippen molar-refractivity contribution in [2.45, 2.75) is 18.9 Å². The summed E-state index contributed by atoms with van der Waals surface area (Å²) in [6, 6.07) is 5.00. The molecule has 1 amide bonds. The highest BCUT2D eigenvalue weighted by Gasteiger charge is 2.37. The molecule has 0 radical (unpaired) electrons. The molecular weight excluding hydrogens is 222 g/mol. The first kappa shape index (κ1) is 11.4. The Balaban J connectivity index is 2.07. The van der Waals surface area contributed by atoms with Crippen LogP contribution in [0.3, 0.4) is 0 Å². The number of hydrogen-bond acceptors (Lipinski definition) is 3. The monoisotopic (exact) mass is 235 g/mol. The summed E-state index contributed by atoms with van der Waals surface area (Å²) < 4.78 is 0. The fourth-order valence-electron chi connectivity index (χ4n) is 1.68. The molecule has 5 heteroatoms.